The number of nitrogens with zero attached hydrogens (tertiary/aromatic N) is 6. The fourth-order valence-corrected chi connectivity index (χ4v) is 4.29. The predicted molar refractivity (Wildman–Crippen MR) is 179 cm³/mol. The van der Waals surface area contributed by atoms with Crippen molar-refractivity contribution < 1.29 is 19.6 Å². The van der Waals surface area contributed by atoms with Crippen LogP contribution >= 0.6 is 12.4 Å². The highest BCUT2D eigenvalue weighted by Crippen LogP contribution is 2.23. The molecule has 0 aliphatic carbocycles. The standard InChI is InChI=1S/C19H22N4O2.C14H12N4O2.ClH/c1-3-24-19(25-4-2)18-9-8-16(13-21-18)22-15-6-5-7-17(12-15)23-11-10-20-14-23;19-20-14-5-4-12(9-16-14)17-11-2-1-3-13(8-11)18-7-6-15-10-18;/h5-14,19,22H,3-4H2,1-2H3;1-10,17,19H;1H. The molecule has 2 aromatic carbocycles. The highest BCUT2D eigenvalue weighted by atomic mass is 35.5. The molecule has 46 heavy (non-hydrogen) atoms. The van der Waals surface area contributed by atoms with Crippen molar-refractivity contribution in [2.45, 2.75) is 20.1 Å². The molecule has 238 valence electrons. The lowest BCUT2D eigenvalue weighted by molar-refractivity contribution is -0.142. The van der Waals surface area contributed by atoms with Gasteiger partial charge in [0, 0.05) is 66.8 Å². The number of anilines is 4. The minimum Gasteiger partial charge on any atom is -0.354 e. The predicted octanol–water partition coefficient (Wildman–Crippen LogP) is 7.37. The van der Waals surface area contributed by atoms with Gasteiger partial charge in [0.1, 0.15) is 0 Å². The van der Waals surface area contributed by atoms with Gasteiger partial charge in [-0.05, 0) is 68.4 Å². The Kier molecular flexibility index (Phi) is 12.6. The Morgan fingerprint density at radius 2 is 1.24 bits per heavy atom. The van der Waals surface area contributed by atoms with Crippen LogP contribution in [0.15, 0.2) is 123 Å². The molecule has 12 nitrogen and oxygen atoms in total. The van der Waals surface area contributed by atoms with Crippen molar-refractivity contribution in [3.8, 4) is 17.3 Å². The van der Waals surface area contributed by atoms with E-state index >= 15 is 0 Å². The molecule has 0 amide bonds. The lowest BCUT2D eigenvalue weighted by Crippen LogP contribution is -2.10. The topological polar surface area (TPSA) is 133 Å². The van der Waals surface area contributed by atoms with Crippen molar-refractivity contribution in [2.75, 3.05) is 23.8 Å². The molecule has 0 fully saturated rings. The van der Waals surface area contributed by atoms with Crippen molar-refractivity contribution in [1.82, 2.24) is 29.1 Å². The Labute approximate surface area is 273 Å². The van der Waals surface area contributed by atoms with Crippen molar-refractivity contribution in [2.24, 2.45) is 0 Å². The first-order valence-electron chi connectivity index (χ1n) is 14.3. The highest BCUT2D eigenvalue weighted by molar-refractivity contribution is 5.85. The van der Waals surface area contributed by atoms with Gasteiger partial charge in [0.25, 0.3) is 5.88 Å². The summed E-state index contributed by atoms with van der Waals surface area (Å²) in [6, 6.07) is 23.2. The average molecular weight is 643 g/mol. The molecular formula is C33H35ClN8O4. The van der Waals surface area contributed by atoms with Crippen molar-refractivity contribution in [3.05, 3.63) is 128 Å². The van der Waals surface area contributed by atoms with Crippen LogP contribution in [-0.4, -0.2) is 47.5 Å². The second kappa shape index (κ2) is 17.3. The van der Waals surface area contributed by atoms with Gasteiger partial charge < -0.3 is 34.1 Å². The zero-order valence-electron chi connectivity index (χ0n) is 25.3. The van der Waals surface area contributed by atoms with Crippen LogP contribution in [0.5, 0.6) is 5.88 Å². The van der Waals surface area contributed by atoms with Crippen LogP contribution in [0.4, 0.5) is 22.7 Å². The maximum absolute atomic E-state index is 8.47. The van der Waals surface area contributed by atoms with E-state index in [0.29, 0.717) is 13.2 Å². The summed E-state index contributed by atoms with van der Waals surface area (Å²) in [4.78, 5) is 20.5. The Morgan fingerprint density at radius 3 is 1.65 bits per heavy atom. The summed E-state index contributed by atoms with van der Waals surface area (Å²) in [5, 5.41) is 15.1. The number of ether oxygens (including phenoxy) is 2. The molecular weight excluding hydrogens is 608 g/mol. The smallest absolute Gasteiger partial charge is 0.256 e. The Morgan fingerprint density at radius 1 is 0.696 bits per heavy atom. The summed E-state index contributed by atoms with van der Waals surface area (Å²) in [7, 11) is 0. The molecule has 4 aromatic heterocycles. The third kappa shape index (κ3) is 9.36. The van der Waals surface area contributed by atoms with Gasteiger partial charge in [0.2, 0.25) is 6.29 Å². The van der Waals surface area contributed by atoms with Gasteiger partial charge in [-0.25, -0.2) is 20.2 Å². The molecule has 0 bridgehead atoms. The van der Waals surface area contributed by atoms with E-state index in [1.54, 1.807) is 49.6 Å². The number of halogens is 1. The van der Waals surface area contributed by atoms with Crippen LogP contribution in [-0.2, 0) is 9.47 Å². The van der Waals surface area contributed by atoms with E-state index in [4.69, 9.17) is 14.7 Å². The van der Waals surface area contributed by atoms with Gasteiger partial charge in [-0.1, -0.05) is 12.1 Å². The van der Waals surface area contributed by atoms with Gasteiger partial charge >= 0.3 is 0 Å². The van der Waals surface area contributed by atoms with E-state index in [1.165, 1.54) is 0 Å². The van der Waals surface area contributed by atoms with Crippen molar-refractivity contribution >= 4 is 35.2 Å². The molecule has 0 aliphatic rings. The molecule has 4 heterocycles. The van der Waals surface area contributed by atoms with Gasteiger partial charge in [-0.15, -0.1) is 12.4 Å². The lowest BCUT2D eigenvalue weighted by atomic mass is 10.2. The minimum atomic E-state index is -0.423. The van der Waals surface area contributed by atoms with E-state index in [2.05, 4.69) is 41.5 Å². The molecule has 13 heteroatoms. The van der Waals surface area contributed by atoms with E-state index < -0.39 is 6.29 Å². The van der Waals surface area contributed by atoms with Gasteiger partial charge in [-0.2, -0.15) is 0 Å². The van der Waals surface area contributed by atoms with Crippen LogP contribution in [0.25, 0.3) is 11.4 Å². The quantitative estimate of drug-likeness (QED) is 0.0706. The molecule has 0 unspecified atom stereocenters. The summed E-state index contributed by atoms with van der Waals surface area (Å²) in [5.41, 5.74) is 6.42. The number of aromatic nitrogens is 6. The molecule has 0 radical (unpaired) electrons. The number of pyridine rings is 2. The second-order valence-electron chi connectivity index (χ2n) is 9.48. The third-order valence-corrected chi connectivity index (χ3v) is 6.37. The summed E-state index contributed by atoms with van der Waals surface area (Å²) in [6.07, 6.45) is 13.7. The van der Waals surface area contributed by atoms with Crippen molar-refractivity contribution in [1.29, 1.82) is 0 Å². The van der Waals surface area contributed by atoms with E-state index in [9.17, 15) is 0 Å². The van der Waals surface area contributed by atoms with Gasteiger partial charge in [0.05, 0.1) is 42.1 Å². The van der Waals surface area contributed by atoms with Crippen molar-refractivity contribution in [3.63, 3.8) is 0 Å². The van der Waals surface area contributed by atoms with E-state index in [0.717, 1.165) is 39.8 Å². The van der Waals surface area contributed by atoms with Crippen LogP contribution in [0.2, 0.25) is 0 Å². The molecule has 6 aromatic rings. The Bertz CT molecular complexity index is 1710. The number of hydrogen-bond acceptors (Lipinski definition) is 10. The SMILES string of the molecule is CCOC(OCC)c1ccc(Nc2cccc(-n3ccnc3)c2)cn1.Cl.OOc1ccc(Nc2cccc(-n3ccnc3)c2)cn1. The highest BCUT2D eigenvalue weighted by Gasteiger charge is 2.12. The largest absolute Gasteiger partial charge is 0.354 e. The van der Waals surface area contributed by atoms with Crippen LogP contribution in [0, 0.1) is 0 Å². The molecule has 0 aliphatic heterocycles. The van der Waals surface area contributed by atoms with Gasteiger partial charge in [0.15, 0.2) is 0 Å². The fourth-order valence-electron chi connectivity index (χ4n) is 4.29. The maximum Gasteiger partial charge on any atom is 0.256 e. The molecule has 6 rings (SSSR count). The summed E-state index contributed by atoms with van der Waals surface area (Å²) < 4.78 is 15.0. The molecule has 0 atom stereocenters. The minimum absolute atomic E-state index is 0. The lowest BCUT2D eigenvalue weighted by Gasteiger charge is -2.16. The third-order valence-electron chi connectivity index (χ3n) is 6.37. The first-order valence-corrected chi connectivity index (χ1v) is 14.3. The average Bonchev–Trinajstić information content (AvgIpc) is 3.82. The maximum atomic E-state index is 8.47. The van der Waals surface area contributed by atoms with Gasteiger partial charge in [-0.3, -0.25) is 4.98 Å². The number of rotatable bonds is 12. The first-order chi connectivity index (χ1) is 22.1. The number of imidazole rings is 2. The normalized spacial score (nSPS) is 10.4. The first kappa shape index (κ1) is 33.6. The number of benzene rings is 2. The molecule has 3 N–H and O–H groups in total. The summed E-state index contributed by atoms with van der Waals surface area (Å²) in [6.45, 7) is 5.03. The van der Waals surface area contributed by atoms with Crippen LogP contribution < -0.4 is 15.5 Å². The fraction of sp³-hybridized carbons (Fsp3) is 0.152. The second-order valence-corrected chi connectivity index (χ2v) is 9.48. The van der Waals surface area contributed by atoms with Crippen LogP contribution in [0.3, 0.4) is 0 Å². The molecule has 0 saturated heterocycles. The van der Waals surface area contributed by atoms with E-state index in [-0.39, 0.29) is 18.3 Å². The summed E-state index contributed by atoms with van der Waals surface area (Å²) in [5.74, 6) is 0.155. The molecule has 0 saturated carbocycles. The summed E-state index contributed by atoms with van der Waals surface area (Å²) >= 11 is 0. The van der Waals surface area contributed by atoms with E-state index in [1.807, 2.05) is 90.0 Å². The molecule has 0 spiro atoms. The monoisotopic (exact) mass is 642 g/mol. The zero-order chi connectivity index (χ0) is 31.3. The number of nitrogens with one attached hydrogen (secondary N) is 2. The van der Waals surface area contributed by atoms with Crippen LogP contribution in [0.1, 0.15) is 25.8 Å². The Hall–Kier alpha value is -5.27. The zero-order valence-corrected chi connectivity index (χ0v) is 26.1. The number of hydrogen-bond donors (Lipinski definition) is 3. The Balaban J connectivity index is 0.000000209.